The smallest absolute Gasteiger partial charge is 0.249 e. The van der Waals surface area contributed by atoms with Crippen LogP contribution in [0, 0.1) is 22.7 Å². The third-order valence-corrected chi connectivity index (χ3v) is 6.87. The normalized spacial score (nSPS) is 21.9. The lowest BCUT2D eigenvalue weighted by molar-refractivity contribution is -0.123. The summed E-state index contributed by atoms with van der Waals surface area (Å²) in [6, 6.07) is 7.11. The zero-order chi connectivity index (χ0) is 21.1. The van der Waals surface area contributed by atoms with Crippen LogP contribution in [0.3, 0.4) is 0 Å². The van der Waals surface area contributed by atoms with Crippen molar-refractivity contribution in [2.75, 3.05) is 17.7 Å². The molecule has 10 heteroatoms. The molecule has 2 aliphatic rings. The lowest BCUT2D eigenvalue weighted by atomic mass is 9.83. The fraction of sp³-hybridized carbons (Fsp3) is 0.350. The molecule has 30 heavy (non-hydrogen) atoms. The van der Waals surface area contributed by atoms with Crippen LogP contribution in [0.5, 0.6) is 0 Å². The first-order chi connectivity index (χ1) is 14.3. The largest absolute Gasteiger partial charge is 0.294 e. The Bertz CT molecular complexity index is 1320. The van der Waals surface area contributed by atoms with E-state index in [4.69, 9.17) is 4.98 Å². The van der Waals surface area contributed by atoms with Crippen LogP contribution in [0.4, 0.5) is 5.82 Å². The molecule has 0 N–H and O–H groups in total. The Morgan fingerprint density at radius 1 is 1.27 bits per heavy atom. The quantitative estimate of drug-likeness (QED) is 0.629. The number of hydrogen-bond acceptors (Lipinski definition) is 7. The number of nitrogens with zero attached hydrogens (tertiary/aromatic N) is 6. The molecule has 1 saturated carbocycles. The summed E-state index contributed by atoms with van der Waals surface area (Å²) in [6.45, 7) is 0.422. The van der Waals surface area contributed by atoms with Crippen LogP contribution in [0.25, 0.3) is 16.8 Å². The van der Waals surface area contributed by atoms with Gasteiger partial charge in [0, 0.05) is 24.6 Å². The predicted molar refractivity (Wildman–Crippen MR) is 107 cm³/mol. The first kappa shape index (κ1) is 18.7. The highest BCUT2D eigenvalue weighted by molar-refractivity contribution is 7.90. The predicted octanol–water partition coefficient (Wildman–Crippen LogP) is 1.85. The Morgan fingerprint density at radius 2 is 2.07 bits per heavy atom. The molecular formula is C20H18N6O3S. The number of aromatic nitrogens is 4. The maximum absolute atomic E-state index is 13.3. The van der Waals surface area contributed by atoms with Gasteiger partial charge in [0.25, 0.3) is 0 Å². The van der Waals surface area contributed by atoms with Crippen molar-refractivity contribution in [1.82, 2.24) is 19.6 Å². The summed E-state index contributed by atoms with van der Waals surface area (Å²) in [5.74, 6) is 0.364. The van der Waals surface area contributed by atoms with Gasteiger partial charge in [-0.15, -0.1) is 0 Å². The van der Waals surface area contributed by atoms with Crippen LogP contribution < -0.4 is 4.90 Å². The molecule has 4 heterocycles. The molecular weight excluding hydrogens is 404 g/mol. The lowest BCUT2D eigenvalue weighted by Crippen LogP contribution is -2.36. The number of anilines is 1. The van der Waals surface area contributed by atoms with Gasteiger partial charge in [-0.3, -0.25) is 9.69 Å². The van der Waals surface area contributed by atoms with Gasteiger partial charge in [-0.25, -0.2) is 22.9 Å². The number of carbonyl (C=O) groups excluding carboxylic acids is 1. The van der Waals surface area contributed by atoms with Crippen molar-refractivity contribution in [2.24, 2.45) is 11.3 Å². The van der Waals surface area contributed by atoms with E-state index in [0.717, 1.165) is 19.1 Å². The van der Waals surface area contributed by atoms with Crippen molar-refractivity contribution in [3.8, 4) is 17.3 Å². The second-order valence-electron chi connectivity index (χ2n) is 7.83. The zero-order valence-electron chi connectivity index (χ0n) is 16.2. The van der Waals surface area contributed by atoms with Crippen LogP contribution in [-0.4, -0.2) is 46.7 Å². The number of carbonyl (C=O) groups is 1. The SMILES string of the molecule is CS(=O)(=O)c1ccc(-c2cn3nccc3c(N3CC[C@@](C#N)(C4CC4)C3=O)n2)cn1. The van der Waals surface area contributed by atoms with E-state index in [1.165, 1.54) is 12.3 Å². The van der Waals surface area contributed by atoms with Gasteiger partial charge in [-0.05, 0) is 43.4 Å². The molecule has 0 spiro atoms. The summed E-state index contributed by atoms with van der Waals surface area (Å²) >= 11 is 0. The molecule has 0 aromatic carbocycles. The first-order valence-electron chi connectivity index (χ1n) is 9.57. The third kappa shape index (κ3) is 2.77. The minimum atomic E-state index is -3.41. The van der Waals surface area contributed by atoms with Crippen LogP contribution in [0.2, 0.25) is 0 Å². The van der Waals surface area contributed by atoms with Gasteiger partial charge in [0.05, 0.1) is 24.2 Å². The number of hydrogen-bond donors (Lipinski definition) is 0. The standard InChI is InChI=1S/C20H18N6O3S/c1-30(28,29)17-5-2-13(10-22-17)15-11-26-16(6-8-23-26)18(24-15)25-9-7-20(12-21,19(25)27)14-3-4-14/h2,5-6,8,10-11,14H,3-4,7,9H2,1H3/t20-/m1/s1. The summed E-state index contributed by atoms with van der Waals surface area (Å²) < 4.78 is 25.0. The summed E-state index contributed by atoms with van der Waals surface area (Å²) in [6.07, 6.45) is 8.16. The topological polar surface area (TPSA) is 121 Å². The third-order valence-electron chi connectivity index (χ3n) is 5.87. The van der Waals surface area contributed by atoms with Gasteiger partial charge in [0.15, 0.2) is 20.7 Å². The Hall–Kier alpha value is -3.32. The van der Waals surface area contributed by atoms with E-state index in [1.807, 2.05) is 0 Å². The Balaban J connectivity index is 1.60. The molecule has 2 fully saturated rings. The van der Waals surface area contributed by atoms with Gasteiger partial charge >= 0.3 is 0 Å². The van der Waals surface area contributed by atoms with Gasteiger partial charge in [-0.2, -0.15) is 10.4 Å². The van der Waals surface area contributed by atoms with Crippen LogP contribution in [0.1, 0.15) is 19.3 Å². The maximum atomic E-state index is 13.3. The molecule has 1 amide bonds. The van der Waals surface area contributed by atoms with Crippen molar-refractivity contribution in [2.45, 2.75) is 24.3 Å². The fourth-order valence-corrected chi connectivity index (χ4v) is 4.65. The maximum Gasteiger partial charge on any atom is 0.249 e. The van der Waals surface area contributed by atoms with E-state index >= 15 is 0 Å². The molecule has 5 rings (SSSR count). The highest BCUT2D eigenvalue weighted by atomic mass is 32.2. The fourth-order valence-electron chi connectivity index (χ4n) is 4.09. The van der Waals surface area contributed by atoms with Crippen molar-refractivity contribution < 1.29 is 13.2 Å². The Kier molecular flexibility index (Phi) is 3.95. The molecule has 1 atom stereocenters. The van der Waals surface area contributed by atoms with Crippen LogP contribution in [0.15, 0.2) is 41.8 Å². The van der Waals surface area contributed by atoms with Gasteiger partial charge < -0.3 is 0 Å². The summed E-state index contributed by atoms with van der Waals surface area (Å²) in [7, 11) is -3.41. The van der Waals surface area contributed by atoms with Gasteiger partial charge in [0.2, 0.25) is 5.91 Å². The molecule has 0 unspecified atom stereocenters. The molecule has 3 aromatic rings. The second kappa shape index (κ2) is 6.34. The number of pyridine rings is 1. The molecule has 1 aliphatic carbocycles. The minimum Gasteiger partial charge on any atom is -0.294 e. The molecule has 1 aliphatic heterocycles. The molecule has 152 valence electrons. The minimum absolute atomic E-state index is 0.0235. The zero-order valence-corrected chi connectivity index (χ0v) is 17.0. The van der Waals surface area contributed by atoms with E-state index in [0.29, 0.717) is 35.6 Å². The highest BCUT2D eigenvalue weighted by Crippen LogP contribution is 2.52. The number of sulfone groups is 1. The van der Waals surface area contributed by atoms with E-state index in [-0.39, 0.29) is 16.9 Å². The molecule has 9 nitrogen and oxygen atoms in total. The van der Waals surface area contributed by atoms with Crippen LogP contribution in [-0.2, 0) is 14.6 Å². The van der Waals surface area contributed by atoms with Gasteiger partial charge in [0.1, 0.15) is 10.9 Å². The monoisotopic (exact) mass is 422 g/mol. The molecule has 1 saturated heterocycles. The summed E-state index contributed by atoms with van der Waals surface area (Å²) in [5, 5.41) is 14.0. The average molecular weight is 422 g/mol. The van der Waals surface area contributed by atoms with Crippen molar-refractivity contribution >= 4 is 27.1 Å². The second-order valence-corrected chi connectivity index (χ2v) is 9.79. The van der Waals surface area contributed by atoms with Crippen molar-refractivity contribution in [1.29, 1.82) is 5.26 Å². The number of nitriles is 1. The number of fused-ring (bicyclic) bond motifs is 1. The van der Waals surface area contributed by atoms with E-state index in [1.54, 1.807) is 33.9 Å². The molecule has 0 bridgehead atoms. The summed E-state index contributed by atoms with van der Waals surface area (Å²) in [4.78, 5) is 23.6. The van der Waals surface area contributed by atoms with Gasteiger partial charge in [-0.1, -0.05) is 0 Å². The average Bonchev–Trinajstić information content (AvgIpc) is 3.38. The van der Waals surface area contributed by atoms with E-state index in [9.17, 15) is 18.5 Å². The first-order valence-corrected chi connectivity index (χ1v) is 11.5. The van der Waals surface area contributed by atoms with E-state index in [2.05, 4.69) is 16.2 Å². The number of rotatable bonds is 4. The number of amides is 1. The van der Waals surface area contributed by atoms with E-state index < -0.39 is 15.3 Å². The molecule has 0 radical (unpaired) electrons. The lowest BCUT2D eigenvalue weighted by Gasteiger charge is -2.21. The Morgan fingerprint density at radius 3 is 2.70 bits per heavy atom. The van der Waals surface area contributed by atoms with Crippen molar-refractivity contribution in [3.05, 3.63) is 36.8 Å². The Labute approximate surface area is 172 Å². The summed E-state index contributed by atoms with van der Waals surface area (Å²) in [5.41, 5.74) is 0.800. The molecule has 3 aromatic heterocycles. The highest BCUT2D eigenvalue weighted by Gasteiger charge is 2.57. The van der Waals surface area contributed by atoms with Crippen molar-refractivity contribution in [3.63, 3.8) is 0 Å². The van der Waals surface area contributed by atoms with Crippen LogP contribution >= 0.6 is 0 Å².